The minimum atomic E-state index is -4.35. The monoisotopic (exact) mass is 582 g/mol. The van der Waals surface area contributed by atoms with Crippen LogP contribution in [0.25, 0.3) is 28.1 Å². The van der Waals surface area contributed by atoms with E-state index in [0.717, 1.165) is 59.7 Å². The number of nitrogens with one attached hydrogen (secondary N) is 2. The lowest BCUT2D eigenvalue weighted by Crippen LogP contribution is -2.16. The van der Waals surface area contributed by atoms with Crippen LogP contribution in [0, 0.1) is 0 Å². The summed E-state index contributed by atoms with van der Waals surface area (Å²) in [6, 6.07) is 17.9. The number of anilines is 2. The van der Waals surface area contributed by atoms with Crippen LogP contribution >= 0.6 is 0 Å². The van der Waals surface area contributed by atoms with E-state index in [-0.39, 0.29) is 0 Å². The summed E-state index contributed by atoms with van der Waals surface area (Å²) in [6.45, 7) is 5.64. The number of pyridine rings is 2. The Morgan fingerprint density at radius 2 is 1.29 bits per heavy atom. The van der Waals surface area contributed by atoms with Gasteiger partial charge in [-0.25, -0.2) is 9.97 Å². The molecule has 4 aromatic rings. The third kappa shape index (κ3) is 6.42. The number of alkyl halides is 6. The number of halogens is 6. The Kier molecular flexibility index (Phi) is 7.99. The van der Waals surface area contributed by atoms with Crippen LogP contribution in [-0.2, 0) is 12.4 Å². The standard InChI is InChI=1S/C16H15F3N2.C16H13F3N2/c2*1-10-7-8-20-15-13(10)5-6-14(21-15)11-3-2-4-12(9-11)16(17,18)19/h2-6,9-10H,7-8H2,1H3,(H,20,21);2-7,9H,8H2,1H3,(H,20,21). The first-order valence-corrected chi connectivity index (χ1v) is 13.4. The Hall–Kier alpha value is -4.34. The molecule has 0 fully saturated rings. The van der Waals surface area contributed by atoms with Crippen LogP contribution in [0.15, 0.2) is 78.9 Å². The SMILES string of the molecule is CC1=CCNc2nc(-c3cccc(C(F)(F)F)c3)ccc21.CC1CCNc2nc(-c3cccc(C(F)(F)F)c3)ccc21. The van der Waals surface area contributed by atoms with Gasteiger partial charge in [0.2, 0.25) is 0 Å². The second kappa shape index (κ2) is 11.5. The Morgan fingerprint density at radius 3 is 1.88 bits per heavy atom. The van der Waals surface area contributed by atoms with Gasteiger partial charge in [-0.2, -0.15) is 26.3 Å². The van der Waals surface area contributed by atoms with Crippen molar-refractivity contribution in [2.75, 3.05) is 23.7 Å². The molecule has 6 rings (SSSR count). The van der Waals surface area contributed by atoms with Crippen molar-refractivity contribution in [1.82, 2.24) is 9.97 Å². The quantitative estimate of drug-likeness (QED) is 0.231. The third-order valence-corrected chi connectivity index (χ3v) is 7.30. The zero-order valence-corrected chi connectivity index (χ0v) is 22.9. The number of rotatable bonds is 2. The van der Waals surface area contributed by atoms with Gasteiger partial charge in [0, 0.05) is 29.8 Å². The fraction of sp³-hybridized carbons (Fsp3) is 0.250. The molecule has 0 aliphatic carbocycles. The molecule has 1 atom stereocenters. The van der Waals surface area contributed by atoms with Gasteiger partial charge in [0.1, 0.15) is 11.6 Å². The normalized spacial score (nSPS) is 16.1. The molecule has 2 aliphatic heterocycles. The van der Waals surface area contributed by atoms with Crippen molar-refractivity contribution in [2.24, 2.45) is 0 Å². The number of allylic oxidation sites excluding steroid dienone is 1. The zero-order valence-electron chi connectivity index (χ0n) is 22.9. The fourth-order valence-electron chi connectivity index (χ4n) is 4.93. The summed E-state index contributed by atoms with van der Waals surface area (Å²) in [7, 11) is 0. The summed E-state index contributed by atoms with van der Waals surface area (Å²) < 4.78 is 76.6. The first kappa shape index (κ1) is 29.2. The van der Waals surface area contributed by atoms with E-state index in [9.17, 15) is 26.3 Å². The van der Waals surface area contributed by atoms with Gasteiger partial charge in [-0.05, 0) is 72.9 Å². The Morgan fingerprint density at radius 1 is 0.714 bits per heavy atom. The summed E-state index contributed by atoms with van der Waals surface area (Å²) in [5.74, 6) is 1.91. The highest BCUT2D eigenvalue weighted by Gasteiger charge is 2.31. The van der Waals surface area contributed by atoms with Crippen molar-refractivity contribution in [1.29, 1.82) is 0 Å². The molecule has 0 radical (unpaired) electrons. The first-order chi connectivity index (χ1) is 19.9. The van der Waals surface area contributed by atoms with Gasteiger partial charge in [0.15, 0.2) is 0 Å². The Bertz CT molecular complexity index is 1620. The molecular weight excluding hydrogens is 554 g/mol. The molecular formula is C32H28F6N4. The lowest BCUT2D eigenvalue weighted by molar-refractivity contribution is -0.138. The molecule has 2 aliphatic rings. The minimum Gasteiger partial charge on any atom is -0.370 e. The molecule has 218 valence electrons. The molecule has 2 aromatic heterocycles. The highest BCUT2D eigenvalue weighted by atomic mass is 19.4. The molecule has 0 bridgehead atoms. The predicted molar refractivity (Wildman–Crippen MR) is 153 cm³/mol. The lowest BCUT2D eigenvalue weighted by Gasteiger charge is -2.23. The van der Waals surface area contributed by atoms with E-state index >= 15 is 0 Å². The van der Waals surface area contributed by atoms with E-state index in [2.05, 4.69) is 27.5 Å². The van der Waals surface area contributed by atoms with Crippen LogP contribution in [0.1, 0.15) is 48.4 Å². The van der Waals surface area contributed by atoms with Gasteiger partial charge in [-0.15, -0.1) is 0 Å². The molecule has 2 N–H and O–H groups in total. The van der Waals surface area contributed by atoms with Gasteiger partial charge in [-0.1, -0.05) is 43.3 Å². The number of benzene rings is 2. The van der Waals surface area contributed by atoms with Crippen molar-refractivity contribution >= 4 is 17.2 Å². The van der Waals surface area contributed by atoms with Gasteiger partial charge >= 0.3 is 12.4 Å². The molecule has 0 amide bonds. The number of nitrogens with zero attached hydrogens (tertiary/aromatic N) is 2. The van der Waals surface area contributed by atoms with Crippen molar-refractivity contribution < 1.29 is 26.3 Å². The zero-order chi connectivity index (χ0) is 30.1. The molecule has 0 spiro atoms. The summed E-state index contributed by atoms with van der Waals surface area (Å²) in [6.07, 6.45) is -5.59. The van der Waals surface area contributed by atoms with Crippen molar-refractivity contribution in [3.8, 4) is 22.5 Å². The summed E-state index contributed by atoms with van der Waals surface area (Å²) in [5, 5.41) is 6.35. The largest absolute Gasteiger partial charge is 0.416 e. The first-order valence-electron chi connectivity index (χ1n) is 13.4. The second-order valence-electron chi connectivity index (χ2n) is 10.3. The molecule has 4 heterocycles. The van der Waals surface area contributed by atoms with E-state index in [1.54, 1.807) is 24.3 Å². The van der Waals surface area contributed by atoms with Crippen LogP contribution in [0.2, 0.25) is 0 Å². The molecule has 0 saturated carbocycles. The summed E-state index contributed by atoms with van der Waals surface area (Å²) in [4.78, 5) is 8.92. The Labute approximate surface area is 239 Å². The minimum absolute atomic E-state index is 0.421. The van der Waals surface area contributed by atoms with Crippen molar-refractivity contribution in [3.05, 3.63) is 101 Å². The maximum Gasteiger partial charge on any atom is 0.416 e. The van der Waals surface area contributed by atoms with Crippen LogP contribution in [0.4, 0.5) is 38.0 Å². The molecule has 2 aromatic carbocycles. The van der Waals surface area contributed by atoms with Gasteiger partial charge in [0.25, 0.3) is 0 Å². The van der Waals surface area contributed by atoms with E-state index < -0.39 is 23.5 Å². The van der Waals surface area contributed by atoms with Gasteiger partial charge in [0.05, 0.1) is 22.5 Å². The lowest BCUT2D eigenvalue weighted by atomic mass is 9.94. The Balaban J connectivity index is 0.000000168. The average molecular weight is 583 g/mol. The number of fused-ring (bicyclic) bond motifs is 2. The summed E-state index contributed by atoms with van der Waals surface area (Å²) >= 11 is 0. The van der Waals surface area contributed by atoms with E-state index in [0.29, 0.717) is 40.8 Å². The van der Waals surface area contributed by atoms with Crippen LogP contribution < -0.4 is 10.6 Å². The average Bonchev–Trinajstić information content (AvgIpc) is 2.97. The van der Waals surface area contributed by atoms with Gasteiger partial charge in [-0.3, -0.25) is 0 Å². The third-order valence-electron chi connectivity index (χ3n) is 7.30. The maximum absolute atomic E-state index is 12.8. The molecule has 42 heavy (non-hydrogen) atoms. The highest BCUT2D eigenvalue weighted by molar-refractivity contribution is 5.78. The number of hydrogen-bond acceptors (Lipinski definition) is 4. The van der Waals surface area contributed by atoms with Crippen LogP contribution in [0.3, 0.4) is 0 Å². The summed E-state index contributed by atoms with van der Waals surface area (Å²) in [5.41, 5.74) is 3.93. The molecule has 4 nitrogen and oxygen atoms in total. The number of hydrogen-bond donors (Lipinski definition) is 2. The smallest absolute Gasteiger partial charge is 0.370 e. The van der Waals surface area contributed by atoms with Crippen LogP contribution in [0.5, 0.6) is 0 Å². The predicted octanol–water partition coefficient (Wildman–Crippen LogP) is 9.28. The van der Waals surface area contributed by atoms with Crippen molar-refractivity contribution in [2.45, 2.75) is 38.5 Å². The van der Waals surface area contributed by atoms with Gasteiger partial charge < -0.3 is 10.6 Å². The van der Waals surface area contributed by atoms with Crippen LogP contribution in [-0.4, -0.2) is 23.1 Å². The van der Waals surface area contributed by atoms with E-state index in [4.69, 9.17) is 0 Å². The second-order valence-corrected chi connectivity index (χ2v) is 10.3. The molecule has 10 heteroatoms. The highest BCUT2D eigenvalue weighted by Crippen LogP contribution is 2.36. The fourth-order valence-corrected chi connectivity index (χ4v) is 4.93. The van der Waals surface area contributed by atoms with E-state index in [1.165, 1.54) is 12.1 Å². The molecule has 1 unspecified atom stereocenters. The topological polar surface area (TPSA) is 49.8 Å². The van der Waals surface area contributed by atoms with E-state index in [1.807, 2.05) is 25.1 Å². The van der Waals surface area contributed by atoms with Crippen molar-refractivity contribution in [3.63, 3.8) is 0 Å². The molecule has 0 saturated heterocycles. The number of aromatic nitrogens is 2. The maximum atomic E-state index is 12.8.